The molecule has 0 aliphatic carbocycles. The minimum Gasteiger partial charge on any atom is -0.345 e. The lowest BCUT2D eigenvalue weighted by Crippen LogP contribution is -2.43. The molecule has 140 valence electrons. The molecule has 0 heterocycles. The third-order valence-electron chi connectivity index (χ3n) is 3.39. The minimum absolute atomic E-state index is 0.0647. The van der Waals surface area contributed by atoms with Crippen molar-refractivity contribution in [1.29, 1.82) is 0 Å². The highest BCUT2D eigenvalue weighted by Crippen LogP contribution is 2.24. The number of alkyl halides is 3. The second-order valence-corrected chi connectivity index (χ2v) is 7.42. The van der Waals surface area contributed by atoms with Crippen LogP contribution in [-0.2, 0) is 14.8 Å². The minimum atomic E-state index is -4.58. The fourth-order valence-electron chi connectivity index (χ4n) is 2.20. The number of sulfonamides is 1. The Labute approximate surface area is 149 Å². The van der Waals surface area contributed by atoms with Crippen molar-refractivity contribution in [3.05, 3.63) is 60.2 Å². The molecule has 0 aliphatic rings. The molecule has 0 spiro atoms. The molecule has 0 atom stereocenters. The summed E-state index contributed by atoms with van der Waals surface area (Å²) < 4.78 is 63.4. The third kappa shape index (κ3) is 5.22. The van der Waals surface area contributed by atoms with Crippen LogP contribution < -0.4 is 9.62 Å². The molecule has 5 nitrogen and oxygen atoms in total. The molecular formula is C17H17F3N2O3S. The summed E-state index contributed by atoms with van der Waals surface area (Å²) >= 11 is 0. The molecule has 0 radical (unpaired) electrons. The number of hydrogen-bond acceptors (Lipinski definition) is 3. The number of aryl methyl sites for hydroxylation is 1. The Morgan fingerprint density at radius 3 is 2.31 bits per heavy atom. The van der Waals surface area contributed by atoms with Crippen molar-refractivity contribution >= 4 is 21.6 Å². The maximum Gasteiger partial charge on any atom is 0.405 e. The highest BCUT2D eigenvalue weighted by molar-refractivity contribution is 7.92. The van der Waals surface area contributed by atoms with Gasteiger partial charge in [0.05, 0.1) is 10.6 Å². The fraction of sp³-hybridized carbons (Fsp3) is 0.235. The first-order chi connectivity index (χ1) is 12.1. The van der Waals surface area contributed by atoms with Gasteiger partial charge in [0, 0.05) is 0 Å². The molecule has 0 bridgehead atoms. The van der Waals surface area contributed by atoms with Gasteiger partial charge in [0.2, 0.25) is 5.91 Å². The summed E-state index contributed by atoms with van der Waals surface area (Å²) in [5.74, 6) is -1.05. The van der Waals surface area contributed by atoms with Crippen LogP contribution >= 0.6 is 0 Å². The zero-order chi connectivity index (χ0) is 19.4. The maximum absolute atomic E-state index is 12.9. The number of nitrogens with one attached hydrogen (secondary N) is 1. The largest absolute Gasteiger partial charge is 0.405 e. The van der Waals surface area contributed by atoms with Gasteiger partial charge in [-0.05, 0) is 36.8 Å². The first-order valence-electron chi connectivity index (χ1n) is 7.57. The van der Waals surface area contributed by atoms with Gasteiger partial charge in [-0.3, -0.25) is 9.10 Å². The van der Waals surface area contributed by atoms with E-state index in [1.165, 1.54) is 36.4 Å². The van der Waals surface area contributed by atoms with Gasteiger partial charge < -0.3 is 5.32 Å². The van der Waals surface area contributed by atoms with E-state index in [4.69, 9.17) is 0 Å². The SMILES string of the molecule is Cc1cccc(N(CC(=O)NCC(F)(F)F)S(=O)(=O)c2ccccc2)c1. The van der Waals surface area contributed by atoms with Crippen LogP contribution in [0.2, 0.25) is 0 Å². The lowest BCUT2D eigenvalue weighted by atomic mass is 10.2. The summed E-state index contributed by atoms with van der Waals surface area (Å²) in [5, 5.41) is 1.69. The van der Waals surface area contributed by atoms with E-state index in [1.54, 1.807) is 30.4 Å². The molecule has 1 amide bonds. The Morgan fingerprint density at radius 2 is 1.73 bits per heavy atom. The van der Waals surface area contributed by atoms with Crippen molar-refractivity contribution in [3.8, 4) is 0 Å². The van der Waals surface area contributed by atoms with Gasteiger partial charge in [-0.1, -0.05) is 30.3 Å². The Hall–Kier alpha value is -2.55. The van der Waals surface area contributed by atoms with Crippen LogP contribution in [0.4, 0.5) is 18.9 Å². The number of rotatable bonds is 6. The van der Waals surface area contributed by atoms with E-state index in [1.807, 2.05) is 0 Å². The van der Waals surface area contributed by atoms with E-state index in [9.17, 15) is 26.4 Å². The monoisotopic (exact) mass is 386 g/mol. The van der Waals surface area contributed by atoms with Crippen LogP contribution in [0.5, 0.6) is 0 Å². The Morgan fingerprint density at radius 1 is 1.08 bits per heavy atom. The van der Waals surface area contributed by atoms with E-state index in [-0.39, 0.29) is 10.6 Å². The summed E-state index contributed by atoms with van der Waals surface area (Å²) in [6, 6.07) is 13.7. The molecule has 0 saturated carbocycles. The zero-order valence-electron chi connectivity index (χ0n) is 13.8. The van der Waals surface area contributed by atoms with E-state index < -0.39 is 35.2 Å². The summed E-state index contributed by atoms with van der Waals surface area (Å²) in [6.45, 7) is -0.559. The van der Waals surface area contributed by atoms with Crippen molar-refractivity contribution in [1.82, 2.24) is 5.32 Å². The second-order valence-electron chi connectivity index (χ2n) is 5.56. The number of anilines is 1. The molecule has 2 aromatic carbocycles. The quantitative estimate of drug-likeness (QED) is 0.830. The van der Waals surface area contributed by atoms with Crippen LogP contribution in [0.25, 0.3) is 0 Å². The summed E-state index contributed by atoms with van der Waals surface area (Å²) in [5.41, 5.74) is 0.933. The van der Waals surface area contributed by atoms with Gasteiger partial charge in [0.1, 0.15) is 13.1 Å². The number of amides is 1. The standard InChI is InChI=1S/C17H17F3N2O3S/c1-13-6-5-7-14(10-13)22(11-16(23)21-12-17(18,19)20)26(24,25)15-8-3-2-4-9-15/h2-10H,11-12H2,1H3,(H,21,23). The summed E-state index contributed by atoms with van der Waals surface area (Å²) in [6.07, 6.45) is -4.58. The van der Waals surface area contributed by atoms with Crippen molar-refractivity contribution in [2.24, 2.45) is 0 Å². The predicted molar refractivity (Wildman–Crippen MR) is 91.2 cm³/mol. The molecular weight excluding hydrogens is 369 g/mol. The average Bonchev–Trinajstić information content (AvgIpc) is 2.58. The first-order valence-corrected chi connectivity index (χ1v) is 9.01. The molecule has 0 unspecified atom stereocenters. The molecule has 26 heavy (non-hydrogen) atoms. The average molecular weight is 386 g/mol. The van der Waals surface area contributed by atoms with Crippen molar-refractivity contribution in [3.63, 3.8) is 0 Å². The van der Waals surface area contributed by atoms with Crippen LogP contribution in [0.3, 0.4) is 0 Å². The van der Waals surface area contributed by atoms with E-state index >= 15 is 0 Å². The number of hydrogen-bond donors (Lipinski definition) is 1. The van der Waals surface area contributed by atoms with Gasteiger partial charge in [0.15, 0.2) is 0 Å². The van der Waals surface area contributed by atoms with Crippen LogP contribution in [0, 0.1) is 6.92 Å². The lowest BCUT2D eigenvalue weighted by Gasteiger charge is -2.24. The number of halogens is 3. The first kappa shape index (κ1) is 19.8. The number of nitrogens with zero attached hydrogens (tertiary/aromatic N) is 1. The van der Waals surface area contributed by atoms with Gasteiger partial charge >= 0.3 is 6.18 Å². The highest BCUT2D eigenvalue weighted by Gasteiger charge is 2.30. The predicted octanol–water partition coefficient (Wildman–Crippen LogP) is 2.87. The fourth-order valence-corrected chi connectivity index (χ4v) is 3.64. The number of carbonyl (C=O) groups is 1. The van der Waals surface area contributed by atoms with Crippen molar-refractivity contribution in [2.75, 3.05) is 17.4 Å². The van der Waals surface area contributed by atoms with E-state index in [0.717, 1.165) is 9.87 Å². The van der Waals surface area contributed by atoms with Crippen LogP contribution in [0.1, 0.15) is 5.56 Å². The Balaban J connectivity index is 2.36. The number of benzene rings is 2. The van der Waals surface area contributed by atoms with Crippen LogP contribution in [-0.4, -0.2) is 33.6 Å². The van der Waals surface area contributed by atoms with E-state index in [0.29, 0.717) is 0 Å². The molecule has 1 N–H and O–H groups in total. The van der Waals surface area contributed by atoms with Gasteiger partial charge in [-0.15, -0.1) is 0 Å². The van der Waals surface area contributed by atoms with Gasteiger partial charge in [-0.2, -0.15) is 13.2 Å². The second kappa shape index (κ2) is 7.77. The number of carbonyl (C=O) groups excluding carboxylic acids is 1. The van der Waals surface area contributed by atoms with E-state index in [2.05, 4.69) is 0 Å². The topological polar surface area (TPSA) is 66.5 Å². The lowest BCUT2D eigenvalue weighted by molar-refractivity contribution is -0.137. The van der Waals surface area contributed by atoms with Gasteiger partial charge in [-0.25, -0.2) is 8.42 Å². The summed E-state index contributed by atoms with van der Waals surface area (Å²) in [4.78, 5) is 11.9. The van der Waals surface area contributed by atoms with Crippen LogP contribution in [0.15, 0.2) is 59.5 Å². The molecule has 0 fully saturated rings. The molecule has 0 saturated heterocycles. The maximum atomic E-state index is 12.9. The Kier molecular flexibility index (Phi) is 5.91. The Bertz CT molecular complexity index is 868. The smallest absolute Gasteiger partial charge is 0.345 e. The van der Waals surface area contributed by atoms with Crippen molar-refractivity contribution < 1.29 is 26.4 Å². The van der Waals surface area contributed by atoms with Gasteiger partial charge in [0.25, 0.3) is 10.0 Å². The third-order valence-corrected chi connectivity index (χ3v) is 5.18. The summed E-state index contributed by atoms with van der Waals surface area (Å²) in [7, 11) is -4.13. The molecule has 0 aromatic heterocycles. The zero-order valence-corrected chi connectivity index (χ0v) is 14.6. The van der Waals surface area contributed by atoms with Crippen molar-refractivity contribution in [2.45, 2.75) is 18.0 Å². The normalized spacial score (nSPS) is 11.8. The molecule has 9 heteroatoms. The molecule has 2 rings (SSSR count). The molecule has 2 aromatic rings. The molecule has 0 aliphatic heterocycles. The highest BCUT2D eigenvalue weighted by atomic mass is 32.2.